The number of likely N-dealkylation sites (N-methyl/N-ethyl adjacent to an activating group) is 2. The van der Waals surface area contributed by atoms with Gasteiger partial charge in [-0.2, -0.15) is 0 Å². The average Bonchev–Trinajstić information content (AvgIpc) is 4.16. The van der Waals surface area contributed by atoms with Gasteiger partial charge in [0.2, 0.25) is 0 Å². The van der Waals surface area contributed by atoms with E-state index in [1.54, 1.807) is 13.2 Å². The number of nitrogens with one attached hydrogen (secondary N) is 4. The third-order valence-electron chi connectivity index (χ3n) is 10.7. The van der Waals surface area contributed by atoms with Gasteiger partial charge in [0.25, 0.3) is 0 Å². The van der Waals surface area contributed by atoms with Crippen LogP contribution in [0.5, 0.6) is 23.0 Å². The van der Waals surface area contributed by atoms with Crippen molar-refractivity contribution in [3.05, 3.63) is 127 Å². The summed E-state index contributed by atoms with van der Waals surface area (Å²) in [5, 5.41) is 28.2. The second-order valence-corrected chi connectivity index (χ2v) is 24.5. The molecule has 5 N–H and O–H groups in total. The van der Waals surface area contributed by atoms with E-state index in [1.165, 1.54) is 57.0 Å². The van der Waals surface area contributed by atoms with Crippen LogP contribution in [0.1, 0.15) is 84.6 Å². The summed E-state index contributed by atoms with van der Waals surface area (Å²) in [6, 6.07) is 25.5. The number of rotatable bonds is 19. The maximum atomic E-state index is 11.2. The number of aromatic hydroxyl groups is 1. The van der Waals surface area contributed by atoms with Crippen molar-refractivity contribution >= 4 is 103 Å². The van der Waals surface area contributed by atoms with Crippen LogP contribution in [0.15, 0.2) is 105 Å². The molecule has 4 heterocycles. The van der Waals surface area contributed by atoms with Crippen LogP contribution in [0.2, 0.25) is 0 Å². The van der Waals surface area contributed by atoms with Gasteiger partial charge in [-0.3, -0.25) is 0 Å². The number of carbonyl (C=O) groups excluding carboxylic acids is 1. The van der Waals surface area contributed by atoms with Gasteiger partial charge in [0.1, 0.15) is 0 Å². The van der Waals surface area contributed by atoms with Gasteiger partial charge < -0.3 is 0 Å². The molecule has 0 spiro atoms. The fourth-order valence-corrected chi connectivity index (χ4v) is 15.9. The summed E-state index contributed by atoms with van der Waals surface area (Å²) in [7, 11) is 3.71. The van der Waals surface area contributed by atoms with Crippen LogP contribution in [-0.4, -0.2) is 128 Å². The predicted octanol–water partition coefficient (Wildman–Crippen LogP) is 10.2. The van der Waals surface area contributed by atoms with Gasteiger partial charge in [0, 0.05) is 0 Å². The first kappa shape index (κ1) is 58.9. The van der Waals surface area contributed by atoms with Crippen LogP contribution in [0.3, 0.4) is 0 Å². The number of ether oxygens (including phenoxy) is 3. The Bertz CT molecular complexity index is 2800. The molecule has 0 aliphatic heterocycles. The topological polar surface area (TPSA) is 113 Å². The normalized spacial score (nSPS) is 10.8. The molecule has 4 aromatic carbocycles. The predicted molar refractivity (Wildman–Crippen MR) is 303 cm³/mol. The van der Waals surface area contributed by atoms with E-state index in [-0.39, 0.29) is 5.97 Å². The first-order valence-electron chi connectivity index (χ1n) is 24.4. The van der Waals surface area contributed by atoms with Crippen molar-refractivity contribution < 1.29 is 24.1 Å². The van der Waals surface area contributed by atoms with E-state index >= 15 is 0 Å². The van der Waals surface area contributed by atoms with Crippen molar-refractivity contribution in [2.75, 3.05) is 46.9 Å². The van der Waals surface area contributed by atoms with Gasteiger partial charge in [-0.05, 0) is 0 Å². The summed E-state index contributed by atoms with van der Waals surface area (Å²) in [4.78, 5) is 20.5. The average molecular weight is 1210 g/mol. The van der Waals surface area contributed by atoms with Crippen molar-refractivity contribution in [2.24, 2.45) is 0 Å². The van der Waals surface area contributed by atoms with E-state index in [2.05, 4.69) is 125 Å². The SMILES string of the molecule is C=C(C)Oc1cccc2[se]cc(CCNC)c12.CC.CC(=O)Oc1cccc2[se]cc(CCNC(C)C)c12.CC(C)NCCc1c[se]c2cccc(O)c12.CCNCCc1c[se]c2ccc(OC)cc12. The molecule has 0 aliphatic carbocycles. The minimum atomic E-state index is -0.257. The van der Waals surface area contributed by atoms with Gasteiger partial charge in [0.05, 0.1) is 0 Å². The summed E-state index contributed by atoms with van der Waals surface area (Å²) in [6.45, 7) is 26.9. The van der Waals surface area contributed by atoms with Crippen molar-refractivity contribution in [3.8, 4) is 23.0 Å². The molecule has 0 unspecified atom stereocenters. The Morgan fingerprint density at radius 2 is 1.10 bits per heavy atom. The molecule has 13 heteroatoms. The third kappa shape index (κ3) is 18.4. The second-order valence-electron chi connectivity index (χ2n) is 16.9. The van der Waals surface area contributed by atoms with E-state index in [9.17, 15) is 9.90 Å². The van der Waals surface area contributed by atoms with Crippen molar-refractivity contribution in [3.63, 3.8) is 0 Å². The number of esters is 1. The van der Waals surface area contributed by atoms with Gasteiger partial charge in [0.15, 0.2) is 0 Å². The molecule has 9 nitrogen and oxygen atoms in total. The van der Waals surface area contributed by atoms with Gasteiger partial charge in [-0.15, -0.1) is 0 Å². The van der Waals surface area contributed by atoms with E-state index in [4.69, 9.17) is 14.2 Å². The summed E-state index contributed by atoms with van der Waals surface area (Å²) < 4.78 is 21.9. The Labute approximate surface area is 441 Å². The van der Waals surface area contributed by atoms with E-state index in [0.717, 1.165) is 86.4 Å². The van der Waals surface area contributed by atoms with Crippen molar-refractivity contribution in [1.82, 2.24) is 21.3 Å². The Kier molecular flexibility index (Phi) is 26.7. The van der Waals surface area contributed by atoms with Gasteiger partial charge >= 0.3 is 431 Å². The third-order valence-corrected chi connectivity index (χ3v) is 19.1. The standard InChI is InChI=1S/C15H19NO2Se.C14H17NOSe.2C13H17NOSe.C2H6/c1-10(2)16-8-7-12-9-19-14-6-4-5-13(15(12)14)18-11(3)17;1-10(2)16-12-5-4-6-13-14(12)11(9-17-13)7-8-15-3;1-9(2)14-7-6-10-8-16-12-5-3-4-11(15)13(10)12;1-3-14-7-6-10-9-16-13-5-4-11(15-2)8-12(10)13;1-2/h4-6,9-10,16H,7-8H2,1-3H3;4-6,9,15H,1,7-8H2,2-3H3;3-5,8-9,14-15H,6-7H2,1-2H3;4-5,8-9,14H,3,6-7H2,1-2H3;1-2H3. The summed E-state index contributed by atoms with van der Waals surface area (Å²) in [6.07, 6.45) is 4.16. The molecule has 378 valence electrons. The molecule has 70 heavy (non-hydrogen) atoms. The van der Waals surface area contributed by atoms with E-state index < -0.39 is 0 Å². The quantitative estimate of drug-likeness (QED) is 0.0178. The number of hydrogen-bond donors (Lipinski definition) is 5. The number of hydrogen-bond acceptors (Lipinski definition) is 9. The van der Waals surface area contributed by atoms with Crippen LogP contribution >= 0.6 is 0 Å². The number of benzene rings is 4. The Morgan fingerprint density at radius 1 is 0.629 bits per heavy atom. The van der Waals surface area contributed by atoms with Crippen molar-refractivity contribution in [1.29, 1.82) is 0 Å². The molecule has 8 aromatic rings. The zero-order valence-corrected chi connectivity index (χ0v) is 50.0. The number of phenols is 1. The Hall–Kier alpha value is -3.63. The molecule has 0 saturated heterocycles. The fraction of sp³-hybridized carbons (Fsp3) is 0.386. The zero-order valence-electron chi connectivity index (χ0n) is 43.2. The monoisotopic (exact) mass is 1220 g/mol. The summed E-state index contributed by atoms with van der Waals surface area (Å²) >= 11 is 1.73. The van der Waals surface area contributed by atoms with Gasteiger partial charge in [-0.25, -0.2) is 0 Å². The number of phenolic OH excluding ortho intramolecular Hbond substituents is 1. The second kappa shape index (κ2) is 31.7. The minimum absolute atomic E-state index is 0.257. The van der Waals surface area contributed by atoms with Crippen LogP contribution in [0.4, 0.5) is 0 Å². The van der Waals surface area contributed by atoms with Crippen LogP contribution in [0, 0.1) is 0 Å². The van der Waals surface area contributed by atoms with Gasteiger partial charge in [-0.1, -0.05) is 13.8 Å². The van der Waals surface area contributed by atoms with Crippen LogP contribution in [-0.2, 0) is 30.5 Å². The fourth-order valence-electron chi connectivity index (χ4n) is 7.47. The summed E-state index contributed by atoms with van der Waals surface area (Å²) in [5.74, 6) is 3.55. The number of carbonyl (C=O) groups is 1. The number of allylic oxidation sites excluding steroid dienone is 1. The molecule has 0 saturated carbocycles. The summed E-state index contributed by atoms with van der Waals surface area (Å²) in [5.41, 5.74) is 5.50. The van der Waals surface area contributed by atoms with Crippen molar-refractivity contribution in [2.45, 2.75) is 100 Å². The first-order chi connectivity index (χ1) is 33.8. The van der Waals surface area contributed by atoms with E-state index in [1.807, 2.05) is 52.1 Å². The molecule has 0 amide bonds. The molecular formula is C57H76N4O5Se4. The zero-order chi connectivity index (χ0) is 51.0. The molecule has 0 aliphatic rings. The maximum absolute atomic E-state index is 11.2. The first-order valence-corrected chi connectivity index (χ1v) is 31.8. The Morgan fingerprint density at radius 3 is 1.60 bits per heavy atom. The molecule has 8 rings (SSSR count). The molecule has 4 aromatic heterocycles. The molecule has 0 fully saturated rings. The van der Waals surface area contributed by atoms with Crippen LogP contribution < -0.4 is 35.5 Å². The van der Waals surface area contributed by atoms with Crippen LogP contribution in [0.25, 0.3) is 38.6 Å². The molecule has 0 radical (unpaired) electrons. The molecular weight excluding hydrogens is 1140 g/mol. The molecule has 0 bridgehead atoms. The molecule has 0 atom stereocenters. The number of fused-ring (bicyclic) bond motifs is 4. The van der Waals surface area contributed by atoms with E-state index in [0.29, 0.717) is 81.6 Å². The number of methoxy groups -OCH3 is 1. The Balaban J connectivity index is 0.000000201.